The van der Waals surface area contributed by atoms with E-state index in [1.165, 1.54) is 15.7 Å². The van der Waals surface area contributed by atoms with Gasteiger partial charge in [0.15, 0.2) is 5.82 Å². The van der Waals surface area contributed by atoms with E-state index < -0.39 is 0 Å². The summed E-state index contributed by atoms with van der Waals surface area (Å²) in [7, 11) is 0. The van der Waals surface area contributed by atoms with Crippen molar-refractivity contribution in [3.63, 3.8) is 0 Å². The Bertz CT molecular complexity index is 693. The summed E-state index contributed by atoms with van der Waals surface area (Å²) in [5, 5.41) is 6.42. The zero-order chi connectivity index (χ0) is 13.1. The van der Waals surface area contributed by atoms with Gasteiger partial charge in [0, 0.05) is 11.3 Å². The molecule has 0 aliphatic heterocycles. The minimum absolute atomic E-state index is 0.690. The lowest BCUT2D eigenvalue weighted by Crippen LogP contribution is -1.84. The third kappa shape index (κ3) is 2.79. The second-order valence-electron chi connectivity index (χ2n) is 4.26. The molecule has 0 saturated heterocycles. The van der Waals surface area contributed by atoms with Crippen molar-refractivity contribution in [2.45, 2.75) is 24.0 Å². The van der Waals surface area contributed by atoms with Crippen molar-refractivity contribution in [2.24, 2.45) is 0 Å². The van der Waals surface area contributed by atoms with Gasteiger partial charge in [-0.1, -0.05) is 42.4 Å². The van der Waals surface area contributed by atoms with Gasteiger partial charge in [-0.05, 0) is 22.9 Å². The topological polar surface area (TPSA) is 38.9 Å². The minimum atomic E-state index is 0.690. The minimum Gasteiger partial charge on any atom is -0.338 e. The highest BCUT2D eigenvalue weighted by molar-refractivity contribution is 7.98. The Morgan fingerprint density at radius 1 is 1.11 bits per heavy atom. The van der Waals surface area contributed by atoms with E-state index in [0.29, 0.717) is 11.6 Å². The molecular formula is C15H14N2OS. The fourth-order valence-corrected chi connectivity index (χ4v) is 2.68. The summed E-state index contributed by atoms with van der Waals surface area (Å²) in [6.45, 7) is 2.02. The smallest absolute Gasteiger partial charge is 0.237 e. The molecule has 0 radical (unpaired) electrons. The van der Waals surface area contributed by atoms with E-state index in [2.05, 4.69) is 52.6 Å². The summed E-state index contributed by atoms with van der Waals surface area (Å²) in [6.07, 6.45) is 0.810. The number of benzene rings is 2. The van der Waals surface area contributed by atoms with Crippen LogP contribution in [0.1, 0.15) is 18.6 Å². The van der Waals surface area contributed by atoms with Crippen LogP contribution in [0.5, 0.6) is 0 Å². The van der Waals surface area contributed by atoms with Crippen LogP contribution in [0, 0.1) is 0 Å². The van der Waals surface area contributed by atoms with Gasteiger partial charge in [-0.25, -0.2) is 0 Å². The molecule has 96 valence electrons. The largest absolute Gasteiger partial charge is 0.338 e. The fraction of sp³-hybridized carbons (Fsp3) is 0.200. The molecule has 2 aromatic carbocycles. The number of aryl methyl sites for hydroxylation is 1. The number of rotatable bonds is 4. The van der Waals surface area contributed by atoms with Crippen molar-refractivity contribution >= 4 is 22.5 Å². The van der Waals surface area contributed by atoms with Crippen molar-refractivity contribution in [3.8, 4) is 0 Å². The van der Waals surface area contributed by atoms with Gasteiger partial charge < -0.3 is 4.52 Å². The van der Waals surface area contributed by atoms with E-state index >= 15 is 0 Å². The first-order valence-electron chi connectivity index (χ1n) is 6.28. The molecule has 0 amide bonds. The van der Waals surface area contributed by atoms with E-state index in [1.807, 2.05) is 6.92 Å². The van der Waals surface area contributed by atoms with Crippen molar-refractivity contribution in [1.82, 2.24) is 10.1 Å². The van der Waals surface area contributed by atoms with Gasteiger partial charge >= 0.3 is 0 Å². The first kappa shape index (κ1) is 12.2. The Balaban J connectivity index is 1.74. The van der Waals surface area contributed by atoms with Gasteiger partial charge in [-0.15, -0.1) is 11.8 Å². The van der Waals surface area contributed by atoms with Crippen molar-refractivity contribution < 1.29 is 4.52 Å². The molecule has 0 aliphatic carbocycles. The van der Waals surface area contributed by atoms with Crippen LogP contribution in [0.3, 0.4) is 0 Å². The predicted octanol–water partition coefficient (Wildman–Crippen LogP) is 4.08. The Morgan fingerprint density at radius 3 is 2.74 bits per heavy atom. The van der Waals surface area contributed by atoms with E-state index in [-0.39, 0.29) is 0 Å². The van der Waals surface area contributed by atoms with Gasteiger partial charge in [-0.3, -0.25) is 0 Å². The number of hydrogen-bond donors (Lipinski definition) is 0. The van der Waals surface area contributed by atoms with Gasteiger partial charge in [0.2, 0.25) is 5.89 Å². The standard InChI is InChI=1S/C15H14N2OS/c1-2-14-16-15(18-17-14)10-19-13-8-7-11-5-3-4-6-12(11)9-13/h3-9H,2,10H2,1H3. The molecule has 0 unspecified atom stereocenters. The van der Waals surface area contributed by atoms with Crippen LogP contribution in [-0.4, -0.2) is 10.1 Å². The van der Waals surface area contributed by atoms with Crippen LogP contribution in [0.15, 0.2) is 51.9 Å². The Morgan fingerprint density at radius 2 is 1.95 bits per heavy atom. The molecule has 19 heavy (non-hydrogen) atoms. The van der Waals surface area contributed by atoms with E-state index in [0.717, 1.165) is 12.2 Å². The molecule has 0 bridgehead atoms. The lowest BCUT2D eigenvalue weighted by molar-refractivity contribution is 0.385. The molecule has 0 saturated carbocycles. The Kier molecular flexibility index (Phi) is 3.51. The maximum Gasteiger partial charge on any atom is 0.237 e. The Labute approximate surface area is 116 Å². The van der Waals surface area contributed by atoms with Crippen LogP contribution in [0.2, 0.25) is 0 Å². The maximum absolute atomic E-state index is 5.18. The number of fused-ring (bicyclic) bond motifs is 1. The molecule has 0 fully saturated rings. The fourth-order valence-electron chi connectivity index (χ4n) is 1.89. The number of aromatic nitrogens is 2. The number of hydrogen-bond acceptors (Lipinski definition) is 4. The maximum atomic E-state index is 5.18. The van der Waals surface area contributed by atoms with Crippen molar-refractivity contribution in [3.05, 3.63) is 54.2 Å². The van der Waals surface area contributed by atoms with Crippen molar-refractivity contribution in [1.29, 1.82) is 0 Å². The van der Waals surface area contributed by atoms with Crippen LogP contribution < -0.4 is 0 Å². The van der Waals surface area contributed by atoms with Crippen LogP contribution in [-0.2, 0) is 12.2 Å². The molecule has 3 rings (SSSR count). The normalized spacial score (nSPS) is 11.0. The summed E-state index contributed by atoms with van der Waals surface area (Å²) in [6, 6.07) is 14.8. The second-order valence-corrected chi connectivity index (χ2v) is 5.30. The zero-order valence-electron chi connectivity index (χ0n) is 10.7. The highest BCUT2D eigenvalue weighted by Gasteiger charge is 2.05. The molecule has 0 aliphatic rings. The zero-order valence-corrected chi connectivity index (χ0v) is 11.5. The summed E-state index contributed by atoms with van der Waals surface area (Å²) in [5.41, 5.74) is 0. The highest BCUT2D eigenvalue weighted by atomic mass is 32.2. The van der Waals surface area contributed by atoms with Crippen molar-refractivity contribution in [2.75, 3.05) is 0 Å². The molecule has 1 heterocycles. The third-order valence-corrected chi connectivity index (χ3v) is 3.89. The molecule has 0 N–H and O–H groups in total. The Hall–Kier alpha value is -1.81. The van der Waals surface area contributed by atoms with E-state index in [4.69, 9.17) is 4.52 Å². The molecular weight excluding hydrogens is 256 g/mol. The monoisotopic (exact) mass is 270 g/mol. The van der Waals surface area contributed by atoms with Crippen LogP contribution >= 0.6 is 11.8 Å². The summed E-state index contributed by atoms with van der Waals surface area (Å²) in [5.74, 6) is 2.18. The predicted molar refractivity (Wildman–Crippen MR) is 77.2 cm³/mol. The van der Waals surface area contributed by atoms with Crippen LogP contribution in [0.4, 0.5) is 0 Å². The van der Waals surface area contributed by atoms with Crippen LogP contribution in [0.25, 0.3) is 10.8 Å². The molecule has 4 heteroatoms. The number of thioether (sulfide) groups is 1. The molecule has 3 nitrogen and oxygen atoms in total. The van der Waals surface area contributed by atoms with Gasteiger partial charge in [0.1, 0.15) is 0 Å². The van der Waals surface area contributed by atoms with Gasteiger partial charge in [0.25, 0.3) is 0 Å². The van der Waals surface area contributed by atoms with E-state index in [1.54, 1.807) is 11.8 Å². The first-order valence-corrected chi connectivity index (χ1v) is 7.27. The summed E-state index contributed by atoms with van der Waals surface area (Å²) >= 11 is 1.72. The molecule has 0 spiro atoms. The van der Waals surface area contributed by atoms with E-state index in [9.17, 15) is 0 Å². The molecule has 0 atom stereocenters. The van der Waals surface area contributed by atoms with Gasteiger partial charge in [-0.2, -0.15) is 4.98 Å². The summed E-state index contributed by atoms with van der Waals surface area (Å²) < 4.78 is 5.18. The molecule has 1 aromatic heterocycles. The third-order valence-electron chi connectivity index (χ3n) is 2.91. The SMILES string of the molecule is CCc1noc(CSc2ccc3ccccc3c2)n1. The number of nitrogens with zero attached hydrogens (tertiary/aromatic N) is 2. The average molecular weight is 270 g/mol. The quantitative estimate of drug-likeness (QED) is 0.670. The first-order chi connectivity index (χ1) is 9.35. The summed E-state index contributed by atoms with van der Waals surface area (Å²) in [4.78, 5) is 5.53. The lowest BCUT2D eigenvalue weighted by atomic mass is 10.1. The average Bonchev–Trinajstić information content (AvgIpc) is 2.93. The van der Waals surface area contributed by atoms with Gasteiger partial charge in [0.05, 0.1) is 5.75 Å². The molecule has 3 aromatic rings. The second kappa shape index (κ2) is 5.45. The lowest BCUT2D eigenvalue weighted by Gasteiger charge is -2.01. The highest BCUT2D eigenvalue weighted by Crippen LogP contribution is 2.26.